The van der Waals surface area contributed by atoms with Gasteiger partial charge in [0.2, 0.25) is 11.8 Å². The molecule has 0 saturated heterocycles. The molecule has 2 aromatic carbocycles. The molecule has 4 heterocycles. The molecule has 2 amide bonds. The number of aromatic amines is 2. The number of para-hydroxylation sites is 1. The van der Waals surface area contributed by atoms with Gasteiger partial charge < -0.3 is 16.0 Å². The van der Waals surface area contributed by atoms with Gasteiger partial charge in [-0.2, -0.15) is 5.10 Å². The Morgan fingerprint density at radius 2 is 1.74 bits per heavy atom. The highest BCUT2D eigenvalue weighted by Gasteiger charge is 2.17. The molecular formula is C28H22N8O2. The van der Waals surface area contributed by atoms with Crippen molar-refractivity contribution in [3.8, 4) is 33.8 Å². The fourth-order valence-electron chi connectivity index (χ4n) is 4.30. The standard InChI is InChI=1S/C28H22N8O2/c1-2-23(37)33-22-11-10-17(13-30-22)18-12-20-25(35-36-27(20)31-14-18)28-32-21-5-3-4-19(24(21)34-28)15-6-8-16(9-7-15)26(29)38/h3-14H,2H2,1H3,(H2,29,38)(H,32,34)(H,30,33,37)(H,31,35,36). The van der Waals surface area contributed by atoms with Crippen LogP contribution in [-0.2, 0) is 4.79 Å². The number of nitrogens with zero attached hydrogens (tertiary/aromatic N) is 4. The monoisotopic (exact) mass is 502 g/mol. The second-order valence-electron chi connectivity index (χ2n) is 8.75. The molecule has 10 nitrogen and oxygen atoms in total. The highest BCUT2D eigenvalue weighted by Crippen LogP contribution is 2.32. The predicted octanol–water partition coefficient (Wildman–Crippen LogP) is 4.68. The number of H-pyrrole nitrogens is 2. The molecule has 4 aromatic heterocycles. The third-order valence-electron chi connectivity index (χ3n) is 6.32. The second-order valence-corrected chi connectivity index (χ2v) is 8.75. The zero-order valence-electron chi connectivity index (χ0n) is 20.3. The number of anilines is 1. The Morgan fingerprint density at radius 3 is 2.47 bits per heavy atom. The summed E-state index contributed by atoms with van der Waals surface area (Å²) >= 11 is 0. The number of hydrogen-bond acceptors (Lipinski definition) is 6. The Bertz CT molecular complexity index is 1820. The first-order valence-corrected chi connectivity index (χ1v) is 12.0. The maximum Gasteiger partial charge on any atom is 0.248 e. The quantitative estimate of drug-likeness (QED) is 0.259. The molecule has 38 heavy (non-hydrogen) atoms. The number of hydrogen-bond donors (Lipinski definition) is 4. The van der Waals surface area contributed by atoms with Crippen LogP contribution in [0.4, 0.5) is 5.82 Å². The number of nitrogens with two attached hydrogens (primary N) is 1. The van der Waals surface area contributed by atoms with Crippen LogP contribution in [0.25, 0.3) is 55.8 Å². The number of primary amides is 1. The van der Waals surface area contributed by atoms with Crippen LogP contribution in [0.3, 0.4) is 0 Å². The Kier molecular flexibility index (Phi) is 5.61. The van der Waals surface area contributed by atoms with Crippen molar-refractivity contribution in [2.75, 3.05) is 5.32 Å². The second kappa shape index (κ2) is 9.25. The molecule has 0 aliphatic heterocycles. The Balaban J connectivity index is 1.38. The number of aromatic nitrogens is 6. The highest BCUT2D eigenvalue weighted by molar-refractivity contribution is 5.98. The van der Waals surface area contributed by atoms with Crippen LogP contribution >= 0.6 is 0 Å². The normalized spacial score (nSPS) is 11.2. The maximum absolute atomic E-state index is 11.6. The summed E-state index contributed by atoms with van der Waals surface area (Å²) in [5.41, 5.74) is 12.3. The maximum atomic E-state index is 11.6. The molecule has 186 valence electrons. The van der Waals surface area contributed by atoms with Crippen LogP contribution in [0.5, 0.6) is 0 Å². The minimum atomic E-state index is -0.467. The topological polar surface area (TPSA) is 155 Å². The first kappa shape index (κ1) is 23.0. The molecule has 10 heteroatoms. The average Bonchev–Trinajstić information content (AvgIpc) is 3.57. The lowest BCUT2D eigenvalue weighted by Crippen LogP contribution is -2.10. The van der Waals surface area contributed by atoms with Gasteiger partial charge in [-0.15, -0.1) is 0 Å². The van der Waals surface area contributed by atoms with Crippen molar-refractivity contribution in [1.82, 2.24) is 30.1 Å². The first-order chi connectivity index (χ1) is 18.5. The van der Waals surface area contributed by atoms with E-state index in [9.17, 15) is 9.59 Å². The first-order valence-electron chi connectivity index (χ1n) is 12.0. The van der Waals surface area contributed by atoms with Gasteiger partial charge in [-0.05, 0) is 42.0 Å². The third-order valence-corrected chi connectivity index (χ3v) is 6.32. The smallest absolute Gasteiger partial charge is 0.248 e. The van der Waals surface area contributed by atoms with Crippen LogP contribution in [-0.4, -0.2) is 41.9 Å². The number of pyridine rings is 2. The lowest BCUT2D eigenvalue weighted by atomic mass is 10.0. The lowest BCUT2D eigenvalue weighted by molar-refractivity contribution is -0.115. The van der Waals surface area contributed by atoms with Gasteiger partial charge in [0.15, 0.2) is 11.5 Å². The number of imidazole rings is 1. The molecule has 0 atom stereocenters. The summed E-state index contributed by atoms with van der Waals surface area (Å²) in [6, 6.07) is 18.6. The molecule has 5 N–H and O–H groups in total. The van der Waals surface area contributed by atoms with Crippen LogP contribution in [0, 0.1) is 0 Å². The van der Waals surface area contributed by atoms with Gasteiger partial charge in [-0.3, -0.25) is 14.7 Å². The van der Waals surface area contributed by atoms with E-state index < -0.39 is 5.91 Å². The number of rotatable bonds is 6. The Labute approximate surface area is 216 Å². The van der Waals surface area contributed by atoms with Crippen molar-refractivity contribution < 1.29 is 9.59 Å². The number of amides is 2. The fourth-order valence-corrected chi connectivity index (χ4v) is 4.30. The molecular weight excluding hydrogens is 480 g/mol. The summed E-state index contributed by atoms with van der Waals surface area (Å²) in [5.74, 6) is 0.543. The predicted molar refractivity (Wildman–Crippen MR) is 145 cm³/mol. The lowest BCUT2D eigenvalue weighted by Gasteiger charge is -2.05. The van der Waals surface area contributed by atoms with E-state index in [2.05, 4.69) is 30.5 Å². The third kappa shape index (κ3) is 4.13. The van der Waals surface area contributed by atoms with Crippen molar-refractivity contribution in [2.24, 2.45) is 5.73 Å². The molecule has 0 bridgehead atoms. The van der Waals surface area contributed by atoms with E-state index in [-0.39, 0.29) is 5.91 Å². The van der Waals surface area contributed by atoms with E-state index in [1.165, 1.54) is 0 Å². The van der Waals surface area contributed by atoms with Gasteiger partial charge in [-0.1, -0.05) is 31.2 Å². The number of carbonyl (C=O) groups excluding carboxylic acids is 2. The average molecular weight is 503 g/mol. The summed E-state index contributed by atoms with van der Waals surface area (Å²) in [5, 5.41) is 11.0. The van der Waals surface area contributed by atoms with Crippen molar-refractivity contribution in [1.29, 1.82) is 0 Å². The molecule has 0 saturated carbocycles. The summed E-state index contributed by atoms with van der Waals surface area (Å²) in [7, 11) is 0. The molecule has 0 unspecified atom stereocenters. The SMILES string of the molecule is CCC(=O)Nc1ccc(-c2cnc3[nH]nc(-c4nc5c(-c6ccc(C(N)=O)cc6)cccc5[nH]4)c3c2)cn1. The van der Waals surface area contributed by atoms with E-state index in [0.29, 0.717) is 35.0 Å². The molecule has 0 radical (unpaired) electrons. The van der Waals surface area contributed by atoms with Gasteiger partial charge in [0.05, 0.1) is 16.4 Å². The minimum absolute atomic E-state index is 0.0898. The molecule has 0 aliphatic rings. The fraction of sp³-hybridized carbons (Fsp3) is 0.0714. The van der Waals surface area contributed by atoms with E-state index in [0.717, 1.165) is 38.7 Å². The number of carbonyl (C=O) groups is 2. The van der Waals surface area contributed by atoms with E-state index in [1.807, 2.05) is 42.5 Å². The summed E-state index contributed by atoms with van der Waals surface area (Å²) in [4.78, 5) is 40.2. The van der Waals surface area contributed by atoms with Gasteiger partial charge >= 0.3 is 0 Å². The summed E-state index contributed by atoms with van der Waals surface area (Å²) in [6.07, 6.45) is 3.83. The van der Waals surface area contributed by atoms with Gasteiger partial charge in [0.1, 0.15) is 11.5 Å². The van der Waals surface area contributed by atoms with Gasteiger partial charge in [0, 0.05) is 41.1 Å². The largest absolute Gasteiger partial charge is 0.366 e. The van der Waals surface area contributed by atoms with Crippen LogP contribution < -0.4 is 11.1 Å². The number of fused-ring (bicyclic) bond motifs is 2. The van der Waals surface area contributed by atoms with Crippen LogP contribution in [0.1, 0.15) is 23.7 Å². The van der Waals surface area contributed by atoms with Gasteiger partial charge in [-0.25, -0.2) is 15.0 Å². The molecule has 6 aromatic rings. The van der Waals surface area contributed by atoms with Crippen molar-refractivity contribution in [2.45, 2.75) is 13.3 Å². The summed E-state index contributed by atoms with van der Waals surface area (Å²) < 4.78 is 0. The van der Waals surface area contributed by atoms with E-state index in [1.54, 1.807) is 37.5 Å². The van der Waals surface area contributed by atoms with Crippen molar-refractivity contribution >= 4 is 39.7 Å². The van der Waals surface area contributed by atoms with E-state index >= 15 is 0 Å². The molecule has 0 aliphatic carbocycles. The highest BCUT2D eigenvalue weighted by atomic mass is 16.2. The zero-order valence-corrected chi connectivity index (χ0v) is 20.3. The van der Waals surface area contributed by atoms with Crippen LogP contribution in [0.15, 0.2) is 73.1 Å². The number of nitrogens with one attached hydrogen (secondary N) is 3. The van der Waals surface area contributed by atoms with E-state index in [4.69, 9.17) is 10.7 Å². The Hall–Kier alpha value is -5.38. The summed E-state index contributed by atoms with van der Waals surface area (Å²) in [6.45, 7) is 1.79. The zero-order chi connectivity index (χ0) is 26.2. The van der Waals surface area contributed by atoms with Crippen molar-refractivity contribution in [3.05, 3.63) is 78.6 Å². The minimum Gasteiger partial charge on any atom is -0.366 e. The molecule has 0 spiro atoms. The van der Waals surface area contributed by atoms with Crippen molar-refractivity contribution in [3.63, 3.8) is 0 Å². The number of benzene rings is 2. The molecule has 6 rings (SSSR count). The Morgan fingerprint density at radius 1 is 0.947 bits per heavy atom. The van der Waals surface area contributed by atoms with Gasteiger partial charge in [0.25, 0.3) is 0 Å². The molecule has 0 fully saturated rings. The van der Waals surface area contributed by atoms with Crippen LogP contribution in [0.2, 0.25) is 0 Å².